The van der Waals surface area contributed by atoms with Crippen LogP contribution in [0.4, 0.5) is 4.79 Å². The standard InChI is InChI=1S/C22H27ClN2O4/c1-15-11-18(23)5-6-19(15)29-10-4-8-24-22(26)25-9-7-16-12-20(27-2)21(28-3)13-17(16)14-25/h5-6,11-13H,4,7-10,14H2,1-3H3,(H,24,26). The van der Waals surface area contributed by atoms with Crippen LogP contribution >= 0.6 is 11.6 Å². The van der Waals surface area contributed by atoms with Gasteiger partial charge in [0.05, 0.1) is 20.8 Å². The molecule has 1 heterocycles. The number of fused-ring (bicyclic) bond motifs is 1. The summed E-state index contributed by atoms with van der Waals surface area (Å²) in [6.45, 7) is 4.28. The van der Waals surface area contributed by atoms with Gasteiger partial charge in [0, 0.05) is 24.7 Å². The van der Waals surface area contributed by atoms with Gasteiger partial charge in [-0.25, -0.2) is 4.79 Å². The lowest BCUT2D eigenvalue weighted by Crippen LogP contribution is -2.43. The van der Waals surface area contributed by atoms with Crippen LogP contribution in [0.3, 0.4) is 0 Å². The molecule has 1 aliphatic rings. The lowest BCUT2D eigenvalue weighted by molar-refractivity contribution is 0.191. The first-order valence-electron chi connectivity index (χ1n) is 9.67. The van der Waals surface area contributed by atoms with Crippen LogP contribution < -0.4 is 19.5 Å². The third-order valence-corrected chi connectivity index (χ3v) is 5.23. The maximum Gasteiger partial charge on any atom is 0.317 e. The average molecular weight is 419 g/mol. The molecule has 1 N–H and O–H groups in total. The van der Waals surface area contributed by atoms with Crippen LogP contribution in [0.5, 0.6) is 17.2 Å². The van der Waals surface area contributed by atoms with Gasteiger partial charge in [-0.15, -0.1) is 0 Å². The molecule has 3 rings (SSSR count). The highest BCUT2D eigenvalue weighted by atomic mass is 35.5. The number of halogens is 1. The maximum atomic E-state index is 12.5. The van der Waals surface area contributed by atoms with Crippen LogP contribution in [-0.2, 0) is 13.0 Å². The van der Waals surface area contributed by atoms with Crippen LogP contribution in [0.15, 0.2) is 30.3 Å². The van der Waals surface area contributed by atoms with Gasteiger partial charge >= 0.3 is 6.03 Å². The Morgan fingerprint density at radius 2 is 1.83 bits per heavy atom. The molecule has 2 amide bonds. The molecule has 6 nitrogen and oxygen atoms in total. The smallest absolute Gasteiger partial charge is 0.317 e. The third-order valence-electron chi connectivity index (χ3n) is 5.00. The van der Waals surface area contributed by atoms with Crippen molar-refractivity contribution >= 4 is 17.6 Å². The molecule has 0 saturated carbocycles. The molecule has 0 atom stereocenters. The number of nitrogens with one attached hydrogen (secondary N) is 1. The first-order chi connectivity index (χ1) is 14.0. The van der Waals surface area contributed by atoms with Crippen molar-refractivity contribution in [2.75, 3.05) is 33.9 Å². The van der Waals surface area contributed by atoms with Crippen molar-refractivity contribution in [2.24, 2.45) is 0 Å². The molecule has 0 aliphatic carbocycles. The Balaban J connectivity index is 1.46. The Kier molecular flexibility index (Phi) is 7.09. The second kappa shape index (κ2) is 9.74. The summed E-state index contributed by atoms with van der Waals surface area (Å²) in [5.74, 6) is 2.22. The van der Waals surface area contributed by atoms with Crippen LogP contribution in [-0.4, -0.2) is 44.8 Å². The van der Waals surface area contributed by atoms with Crippen molar-refractivity contribution in [1.29, 1.82) is 0 Å². The third kappa shape index (κ3) is 5.26. The number of aryl methyl sites for hydroxylation is 1. The fourth-order valence-electron chi connectivity index (χ4n) is 3.39. The van der Waals surface area contributed by atoms with Gasteiger partial charge in [0.1, 0.15) is 5.75 Å². The lowest BCUT2D eigenvalue weighted by atomic mass is 9.99. The van der Waals surface area contributed by atoms with Crippen molar-refractivity contribution in [1.82, 2.24) is 10.2 Å². The molecule has 2 aromatic carbocycles. The van der Waals surface area contributed by atoms with Gasteiger partial charge in [0.25, 0.3) is 0 Å². The van der Waals surface area contributed by atoms with Crippen LogP contribution in [0.2, 0.25) is 5.02 Å². The van der Waals surface area contributed by atoms with E-state index in [2.05, 4.69) is 5.32 Å². The molecule has 7 heteroatoms. The Labute approximate surface area is 176 Å². The first-order valence-corrected chi connectivity index (χ1v) is 10.0. The molecule has 0 saturated heterocycles. The van der Waals surface area contributed by atoms with E-state index in [-0.39, 0.29) is 6.03 Å². The molecule has 156 valence electrons. The summed E-state index contributed by atoms with van der Waals surface area (Å²) < 4.78 is 16.5. The number of rotatable bonds is 7. The average Bonchev–Trinajstić information content (AvgIpc) is 2.73. The van der Waals surface area contributed by atoms with Gasteiger partial charge in [0.2, 0.25) is 0 Å². The number of hydrogen-bond donors (Lipinski definition) is 1. The zero-order valence-corrected chi connectivity index (χ0v) is 17.8. The fourth-order valence-corrected chi connectivity index (χ4v) is 3.62. The van der Waals surface area contributed by atoms with Gasteiger partial charge in [-0.2, -0.15) is 0 Å². The predicted octanol–water partition coefficient (Wildman–Crippen LogP) is 4.20. The maximum absolute atomic E-state index is 12.5. The van der Waals surface area contributed by atoms with E-state index >= 15 is 0 Å². The minimum atomic E-state index is -0.0619. The number of carbonyl (C=O) groups is 1. The van der Waals surface area contributed by atoms with E-state index in [0.29, 0.717) is 37.0 Å². The number of methoxy groups -OCH3 is 2. The molecular weight excluding hydrogens is 392 g/mol. The Hall–Kier alpha value is -2.60. The lowest BCUT2D eigenvalue weighted by Gasteiger charge is -2.29. The molecule has 29 heavy (non-hydrogen) atoms. The molecule has 0 fully saturated rings. The molecule has 0 unspecified atom stereocenters. The minimum Gasteiger partial charge on any atom is -0.493 e. The zero-order valence-electron chi connectivity index (χ0n) is 17.1. The summed E-state index contributed by atoms with van der Waals surface area (Å²) in [5, 5.41) is 3.67. The van der Waals surface area contributed by atoms with Gasteiger partial charge in [-0.1, -0.05) is 11.6 Å². The second-order valence-corrected chi connectivity index (χ2v) is 7.43. The molecule has 2 aromatic rings. The largest absolute Gasteiger partial charge is 0.493 e. The molecule has 1 aliphatic heterocycles. The highest BCUT2D eigenvalue weighted by molar-refractivity contribution is 6.30. The summed E-state index contributed by atoms with van der Waals surface area (Å²) in [4.78, 5) is 14.3. The van der Waals surface area contributed by atoms with E-state index < -0.39 is 0 Å². The van der Waals surface area contributed by atoms with Crippen LogP contribution in [0.1, 0.15) is 23.1 Å². The van der Waals surface area contributed by atoms with Crippen molar-refractivity contribution in [3.05, 3.63) is 52.0 Å². The summed E-state index contributed by atoms with van der Waals surface area (Å²) in [6.07, 6.45) is 1.52. The van der Waals surface area contributed by atoms with Crippen LogP contribution in [0.25, 0.3) is 0 Å². The highest BCUT2D eigenvalue weighted by Crippen LogP contribution is 2.33. The molecule has 0 radical (unpaired) electrons. The quantitative estimate of drug-likeness (QED) is 0.684. The van der Waals surface area contributed by atoms with E-state index in [4.69, 9.17) is 25.8 Å². The van der Waals surface area contributed by atoms with E-state index in [1.807, 2.05) is 42.2 Å². The topological polar surface area (TPSA) is 60.0 Å². The van der Waals surface area contributed by atoms with Gasteiger partial charge in [-0.3, -0.25) is 0 Å². The Bertz CT molecular complexity index is 872. The Morgan fingerprint density at radius 3 is 2.52 bits per heavy atom. The molecule has 0 bridgehead atoms. The summed E-state index contributed by atoms with van der Waals surface area (Å²) in [6, 6.07) is 9.44. The number of carbonyl (C=O) groups excluding carboxylic acids is 1. The predicted molar refractivity (Wildman–Crippen MR) is 113 cm³/mol. The number of hydrogen-bond acceptors (Lipinski definition) is 4. The van der Waals surface area contributed by atoms with Gasteiger partial charge < -0.3 is 24.4 Å². The van der Waals surface area contributed by atoms with Crippen molar-refractivity contribution in [3.63, 3.8) is 0 Å². The van der Waals surface area contributed by atoms with E-state index in [9.17, 15) is 4.79 Å². The minimum absolute atomic E-state index is 0.0619. The molecule has 0 spiro atoms. The molecule has 0 aromatic heterocycles. The number of nitrogens with zero attached hydrogens (tertiary/aromatic N) is 1. The summed E-state index contributed by atoms with van der Waals surface area (Å²) in [7, 11) is 3.25. The fraction of sp³-hybridized carbons (Fsp3) is 0.409. The summed E-state index contributed by atoms with van der Waals surface area (Å²) >= 11 is 5.95. The molecular formula is C22H27ClN2O4. The van der Waals surface area contributed by atoms with E-state index in [0.717, 1.165) is 35.5 Å². The number of amides is 2. The van der Waals surface area contributed by atoms with Gasteiger partial charge in [0.15, 0.2) is 11.5 Å². The van der Waals surface area contributed by atoms with E-state index in [1.54, 1.807) is 14.2 Å². The first kappa shape index (κ1) is 21.1. The second-order valence-electron chi connectivity index (χ2n) is 6.99. The van der Waals surface area contributed by atoms with Gasteiger partial charge in [-0.05, 0) is 66.8 Å². The number of urea groups is 1. The van der Waals surface area contributed by atoms with Crippen LogP contribution in [0, 0.1) is 6.92 Å². The van der Waals surface area contributed by atoms with Crippen molar-refractivity contribution in [2.45, 2.75) is 26.3 Å². The highest BCUT2D eigenvalue weighted by Gasteiger charge is 2.22. The summed E-state index contributed by atoms with van der Waals surface area (Å²) in [5.41, 5.74) is 3.28. The van der Waals surface area contributed by atoms with E-state index in [1.165, 1.54) is 5.56 Å². The zero-order chi connectivity index (χ0) is 20.8. The van der Waals surface area contributed by atoms with Crippen molar-refractivity contribution < 1.29 is 19.0 Å². The SMILES string of the molecule is COc1cc2c(cc1OC)CN(C(=O)NCCCOc1ccc(Cl)cc1C)CC2. The van der Waals surface area contributed by atoms with Crippen molar-refractivity contribution in [3.8, 4) is 17.2 Å². The Morgan fingerprint density at radius 1 is 1.10 bits per heavy atom. The number of ether oxygens (including phenoxy) is 3. The number of benzene rings is 2. The normalized spacial score (nSPS) is 12.9. The monoisotopic (exact) mass is 418 g/mol.